The number of piperidine rings is 1. The maximum atomic E-state index is 12.4. The number of carbonyl (C=O) groups is 1. The van der Waals surface area contributed by atoms with Crippen molar-refractivity contribution in [1.82, 2.24) is 10.2 Å². The molecule has 2 saturated heterocycles. The summed E-state index contributed by atoms with van der Waals surface area (Å²) in [6, 6.07) is 8.88. The molecule has 2 aliphatic heterocycles. The highest BCUT2D eigenvalue weighted by Crippen LogP contribution is 2.18. The van der Waals surface area contributed by atoms with E-state index in [-0.39, 0.29) is 12.0 Å². The SMILES string of the molecule is Cc1cccc(NC2CCN(C(=O)C3CNCCO3)CC2)c1. The van der Waals surface area contributed by atoms with E-state index < -0.39 is 0 Å². The fourth-order valence-corrected chi connectivity index (χ4v) is 3.14. The van der Waals surface area contributed by atoms with Crippen molar-refractivity contribution in [3.05, 3.63) is 29.8 Å². The quantitative estimate of drug-likeness (QED) is 0.886. The summed E-state index contributed by atoms with van der Waals surface area (Å²) >= 11 is 0. The van der Waals surface area contributed by atoms with Gasteiger partial charge >= 0.3 is 0 Å². The molecule has 0 saturated carbocycles. The Morgan fingerprint density at radius 3 is 2.86 bits per heavy atom. The topological polar surface area (TPSA) is 53.6 Å². The van der Waals surface area contributed by atoms with Crippen LogP contribution in [0, 0.1) is 6.92 Å². The van der Waals surface area contributed by atoms with E-state index in [1.165, 1.54) is 11.3 Å². The number of ether oxygens (including phenoxy) is 1. The number of nitrogens with zero attached hydrogens (tertiary/aromatic N) is 1. The molecular weight excluding hydrogens is 278 g/mol. The molecule has 2 aliphatic rings. The molecule has 0 aromatic heterocycles. The molecule has 0 aliphatic carbocycles. The fourth-order valence-electron chi connectivity index (χ4n) is 3.14. The van der Waals surface area contributed by atoms with Crippen molar-refractivity contribution in [1.29, 1.82) is 0 Å². The Balaban J connectivity index is 1.48. The van der Waals surface area contributed by atoms with Crippen LogP contribution in [0.5, 0.6) is 0 Å². The van der Waals surface area contributed by atoms with Crippen molar-refractivity contribution in [2.45, 2.75) is 31.9 Å². The summed E-state index contributed by atoms with van der Waals surface area (Å²) in [5, 5.41) is 6.80. The maximum Gasteiger partial charge on any atom is 0.253 e. The van der Waals surface area contributed by atoms with Gasteiger partial charge in [0.25, 0.3) is 5.91 Å². The largest absolute Gasteiger partial charge is 0.382 e. The second-order valence-corrected chi connectivity index (χ2v) is 6.18. The van der Waals surface area contributed by atoms with Crippen molar-refractivity contribution in [2.24, 2.45) is 0 Å². The van der Waals surface area contributed by atoms with Crippen molar-refractivity contribution >= 4 is 11.6 Å². The average Bonchev–Trinajstić information content (AvgIpc) is 2.56. The first-order chi connectivity index (χ1) is 10.7. The van der Waals surface area contributed by atoms with E-state index in [1.807, 2.05) is 4.90 Å². The summed E-state index contributed by atoms with van der Waals surface area (Å²) in [5.41, 5.74) is 2.43. The summed E-state index contributed by atoms with van der Waals surface area (Å²) in [5.74, 6) is 0.140. The molecule has 2 N–H and O–H groups in total. The fraction of sp³-hybridized carbons (Fsp3) is 0.588. The monoisotopic (exact) mass is 303 g/mol. The molecule has 1 unspecified atom stereocenters. The van der Waals surface area contributed by atoms with E-state index in [9.17, 15) is 4.79 Å². The van der Waals surface area contributed by atoms with Crippen molar-refractivity contribution < 1.29 is 9.53 Å². The van der Waals surface area contributed by atoms with Crippen LogP contribution < -0.4 is 10.6 Å². The van der Waals surface area contributed by atoms with Gasteiger partial charge in [-0.2, -0.15) is 0 Å². The first-order valence-electron chi connectivity index (χ1n) is 8.17. The molecule has 0 spiro atoms. The minimum absolute atomic E-state index is 0.140. The van der Waals surface area contributed by atoms with Crippen LogP contribution in [0.1, 0.15) is 18.4 Å². The number of anilines is 1. The number of morpholine rings is 1. The lowest BCUT2D eigenvalue weighted by atomic mass is 10.0. The zero-order chi connectivity index (χ0) is 15.4. The van der Waals surface area contributed by atoms with Gasteiger partial charge in [-0.05, 0) is 37.5 Å². The van der Waals surface area contributed by atoms with Gasteiger partial charge < -0.3 is 20.3 Å². The second-order valence-electron chi connectivity index (χ2n) is 6.18. The Hall–Kier alpha value is -1.59. The van der Waals surface area contributed by atoms with Gasteiger partial charge in [-0.25, -0.2) is 0 Å². The maximum absolute atomic E-state index is 12.4. The summed E-state index contributed by atoms with van der Waals surface area (Å²) in [6.45, 7) is 5.82. The molecule has 0 radical (unpaired) electrons. The van der Waals surface area contributed by atoms with Crippen LogP contribution in [0.3, 0.4) is 0 Å². The van der Waals surface area contributed by atoms with Gasteiger partial charge in [0.05, 0.1) is 6.61 Å². The molecule has 5 nitrogen and oxygen atoms in total. The minimum atomic E-state index is -0.296. The van der Waals surface area contributed by atoms with Gasteiger partial charge in [0, 0.05) is 37.9 Å². The summed E-state index contributed by atoms with van der Waals surface area (Å²) in [7, 11) is 0. The summed E-state index contributed by atoms with van der Waals surface area (Å²) in [4.78, 5) is 14.4. The van der Waals surface area contributed by atoms with E-state index in [0.717, 1.165) is 32.5 Å². The highest BCUT2D eigenvalue weighted by molar-refractivity contribution is 5.81. The number of hydrogen-bond donors (Lipinski definition) is 2. The predicted octanol–water partition coefficient (Wildman–Crippen LogP) is 1.39. The van der Waals surface area contributed by atoms with Crippen LogP contribution in [0.4, 0.5) is 5.69 Å². The average molecular weight is 303 g/mol. The highest BCUT2D eigenvalue weighted by atomic mass is 16.5. The third kappa shape index (κ3) is 3.78. The molecule has 1 aromatic rings. The Labute approximate surface area is 132 Å². The lowest BCUT2D eigenvalue weighted by Gasteiger charge is -2.35. The Kier molecular flexibility index (Phi) is 4.95. The number of nitrogens with one attached hydrogen (secondary N) is 2. The number of aryl methyl sites for hydroxylation is 1. The van der Waals surface area contributed by atoms with Gasteiger partial charge in [0.1, 0.15) is 6.10 Å². The predicted molar refractivity (Wildman–Crippen MR) is 87.0 cm³/mol. The van der Waals surface area contributed by atoms with Crippen molar-refractivity contribution in [2.75, 3.05) is 38.1 Å². The van der Waals surface area contributed by atoms with E-state index in [2.05, 4.69) is 41.8 Å². The number of benzene rings is 1. The van der Waals surface area contributed by atoms with E-state index in [4.69, 9.17) is 4.74 Å². The molecule has 2 fully saturated rings. The molecule has 0 bridgehead atoms. The first kappa shape index (κ1) is 15.3. The Bertz CT molecular complexity index is 506. The number of amides is 1. The Morgan fingerprint density at radius 2 is 2.18 bits per heavy atom. The second kappa shape index (κ2) is 7.11. The number of hydrogen-bond acceptors (Lipinski definition) is 4. The van der Waals surface area contributed by atoms with Gasteiger partial charge in [0.2, 0.25) is 0 Å². The number of rotatable bonds is 3. The molecule has 1 aromatic carbocycles. The minimum Gasteiger partial charge on any atom is -0.382 e. The lowest BCUT2D eigenvalue weighted by molar-refractivity contribution is -0.146. The molecule has 120 valence electrons. The third-order valence-electron chi connectivity index (χ3n) is 4.40. The van der Waals surface area contributed by atoms with Crippen LogP contribution in [-0.4, -0.2) is 55.7 Å². The van der Waals surface area contributed by atoms with Crippen LogP contribution in [0.25, 0.3) is 0 Å². The van der Waals surface area contributed by atoms with Gasteiger partial charge in [0.15, 0.2) is 0 Å². The lowest BCUT2D eigenvalue weighted by Crippen LogP contribution is -2.52. The van der Waals surface area contributed by atoms with Crippen LogP contribution in [-0.2, 0) is 9.53 Å². The molecule has 22 heavy (non-hydrogen) atoms. The van der Waals surface area contributed by atoms with Crippen LogP contribution >= 0.6 is 0 Å². The molecule has 3 rings (SSSR count). The molecule has 1 amide bonds. The number of likely N-dealkylation sites (tertiary alicyclic amines) is 1. The normalized spacial score (nSPS) is 23.3. The van der Waals surface area contributed by atoms with E-state index in [1.54, 1.807) is 0 Å². The zero-order valence-electron chi connectivity index (χ0n) is 13.2. The van der Waals surface area contributed by atoms with Gasteiger partial charge in [-0.1, -0.05) is 12.1 Å². The number of carbonyl (C=O) groups excluding carboxylic acids is 1. The third-order valence-corrected chi connectivity index (χ3v) is 4.40. The summed E-state index contributed by atoms with van der Waals surface area (Å²) in [6.07, 6.45) is 1.68. The van der Waals surface area contributed by atoms with Crippen molar-refractivity contribution in [3.63, 3.8) is 0 Å². The highest BCUT2D eigenvalue weighted by Gasteiger charge is 2.29. The first-order valence-corrected chi connectivity index (χ1v) is 8.17. The van der Waals surface area contributed by atoms with Crippen LogP contribution in [0.2, 0.25) is 0 Å². The molecule has 2 heterocycles. The van der Waals surface area contributed by atoms with Gasteiger partial charge in [-0.3, -0.25) is 4.79 Å². The van der Waals surface area contributed by atoms with Crippen molar-refractivity contribution in [3.8, 4) is 0 Å². The molecule has 1 atom stereocenters. The van der Waals surface area contributed by atoms with E-state index in [0.29, 0.717) is 19.2 Å². The zero-order valence-corrected chi connectivity index (χ0v) is 13.2. The van der Waals surface area contributed by atoms with E-state index >= 15 is 0 Å². The summed E-state index contributed by atoms with van der Waals surface area (Å²) < 4.78 is 5.56. The molecule has 5 heteroatoms. The Morgan fingerprint density at radius 1 is 1.36 bits per heavy atom. The standard InChI is InChI=1S/C17H25N3O2/c1-13-3-2-4-15(11-13)19-14-5-8-20(9-6-14)17(21)16-12-18-7-10-22-16/h2-4,11,14,16,18-19H,5-10,12H2,1H3. The van der Waals surface area contributed by atoms with Crippen LogP contribution in [0.15, 0.2) is 24.3 Å². The molecular formula is C17H25N3O2. The van der Waals surface area contributed by atoms with Gasteiger partial charge in [-0.15, -0.1) is 0 Å². The smallest absolute Gasteiger partial charge is 0.253 e.